The SMILES string of the molecule is CCC(C)NC(=O)C(C)Oc1ccc(CNC)cc1OC. The lowest BCUT2D eigenvalue weighted by Gasteiger charge is -2.19. The van der Waals surface area contributed by atoms with Crippen molar-refractivity contribution in [1.82, 2.24) is 10.6 Å². The quantitative estimate of drug-likeness (QED) is 0.771. The van der Waals surface area contributed by atoms with Crippen molar-refractivity contribution in [3.05, 3.63) is 23.8 Å². The lowest BCUT2D eigenvalue weighted by atomic mass is 10.2. The van der Waals surface area contributed by atoms with Gasteiger partial charge >= 0.3 is 0 Å². The highest BCUT2D eigenvalue weighted by atomic mass is 16.5. The fourth-order valence-corrected chi connectivity index (χ4v) is 1.83. The summed E-state index contributed by atoms with van der Waals surface area (Å²) in [4.78, 5) is 12.0. The van der Waals surface area contributed by atoms with Crippen molar-refractivity contribution in [3.8, 4) is 11.5 Å². The Labute approximate surface area is 127 Å². The molecule has 0 bridgehead atoms. The van der Waals surface area contributed by atoms with Crippen LogP contribution in [0.1, 0.15) is 32.8 Å². The molecule has 1 rings (SSSR count). The summed E-state index contributed by atoms with van der Waals surface area (Å²) in [6.45, 7) is 6.48. The third-order valence-electron chi connectivity index (χ3n) is 3.28. The Kier molecular flexibility index (Phi) is 7.02. The normalized spacial score (nSPS) is 13.4. The van der Waals surface area contributed by atoms with Crippen molar-refractivity contribution in [2.75, 3.05) is 14.2 Å². The smallest absolute Gasteiger partial charge is 0.260 e. The molecule has 1 amide bonds. The van der Waals surface area contributed by atoms with E-state index in [1.807, 2.05) is 39.1 Å². The summed E-state index contributed by atoms with van der Waals surface area (Å²) in [7, 11) is 3.48. The monoisotopic (exact) mass is 294 g/mol. The van der Waals surface area contributed by atoms with Crippen LogP contribution in [0.3, 0.4) is 0 Å². The van der Waals surface area contributed by atoms with E-state index in [2.05, 4.69) is 10.6 Å². The van der Waals surface area contributed by atoms with E-state index in [0.717, 1.165) is 18.5 Å². The van der Waals surface area contributed by atoms with Gasteiger partial charge in [-0.15, -0.1) is 0 Å². The molecule has 0 aliphatic heterocycles. The summed E-state index contributed by atoms with van der Waals surface area (Å²) in [5, 5.41) is 5.99. The zero-order chi connectivity index (χ0) is 15.8. The van der Waals surface area contributed by atoms with Gasteiger partial charge in [0.2, 0.25) is 0 Å². The first-order chi connectivity index (χ1) is 10.0. The molecule has 0 saturated heterocycles. The van der Waals surface area contributed by atoms with Gasteiger partial charge in [-0.3, -0.25) is 4.79 Å². The zero-order valence-corrected chi connectivity index (χ0v) is 13.5. The number of hydrogen-bond acceptors (Lipinski definition) is 4. The molecule has 0 aromatic heterocycles. The van der Waals surface area contributed by atoms with Crippen LogP contribution in [0.25, 0.3) is 0 Å². The van der Waals surface area contributed by atoms with Crippen LogP contribution in [0.5, 0.6) is 11.5 Å². The standard InChI is InChI=1S/C16H26N2O3/c1-6-11(2)18-16(19)12(3)21-14-8-7-13(10-17-4)9-15(14)20-5/h7-9,11-12,17H,6,10H2,1-5H3,(H,18,19). The summed E-state index contributed by atoms with van der Waals surface area (Å²) in [5.41, 5.74) is 1.10. The molecule has 1 aromatic rings. The average molecular weight is 294 g/mol. The molecule has 0 heterocycles. The van der Waals surface area contributed by atoms with Crippen LogP contribution >= 0.6 is 0 Å². The fourth-order valence-electron chi connectivity index (χ4n) is 1.83. The minimum Gasteiger partial charge on any atom is -0.493 e. The van der Waals surface area contributed by atoms with Crippen LogP contribution in [0.2, 0.25) is 0 Å². The molecule has 21 heavy (non-hydrogen) atoms. The molecule has 5 nitrogen and oxygen atoms in total. The van der Waals surface area contributed by atoms with Gasteiger partial charge in [0.05, 0.1) is 7.11 Å². The molecule has 5 heteroatoms. The van der Waals surface area contributed by atoms with Crippen LogP contribution in [-0.2, 0) is 11.3 Å². The summed E-state index contributed by atoms with van der Waals surface area (Å²) in [6.07, 6.45) is 0.323. The number of carbonyl (C=O) groups excluding carboxylic acids is 1. The van der Waals surface area contributed by atoms with Crippen LogP contribution in [0.15, 0.2) is 18.2 Å². The summed E-state index contributed by atoms with van der Waals surface area (Å²) in [5.74, 6) is 1.08. The average Bonchev–Trinajstić information content (AvgIpc) is 2.48. The van der Waals surface area contributed by atoms with Crippen molar-refractivity contribution in [2.24, 2.45) is 0 Å². The molecule has 0 aliphatic carbocycles. The van der Waals surface area contributed by atoms with E-state index in [1.54, 1.807) is 14.0 Å². The summed E-state index contributed by atoms with van der Waals surface area (Å²) < 4.78 is 11.0. The zero-order valence-electron chi connectivity index (χ0n) is 13.5. The van der Waals surface area contributed by atoms with Crippen LogP contribution < -0.4 is 20.1 Å². The van der Waals surface area contributed by atoms with Crippen LogP contribution in [0.4, 0.5) is 0 Å². The van der Waals surface area contributed by atoms with Crippen molar-refractivity contribution in [3.63, 3.8) is 0 Å². The van der Waals surface area contributed by atoms with E-state index in [4.69, 9.17) is 9.47 Å². The first kappa shape index (κ1) is 17.3. The van der Waals surface area contributed by atoms with Crippen molar-refractivity contribution < 1.29 is 14.3 Å². The van der Waals surface area contributed by atoms with E-state index in [0.29, 0.717) is 11.5 Å². The minimum atomic E-state index is -0.567. The lowest BCUT2D eigenvalue weighted by Crippen LogP contribution is -2.41. The Morgan fingerprint density at radius 3 is 2.57 bits per heavy atom. The maximum Gasteiger partial charge on any atom is 0.260 e. The molecular weight excluding hydrogens is 268 g/mol. The highest BCUT2D eigenvalue weighted by Crippen LogP contribution is 2.29. The maximum atomic E-state index is 12.0. The van der Waals surface area contributed by atoms with Gasteiger partial charge in [-0.1, -0.05) is 13.0 Å². The molecule has 0 aliphatic rings. The van der Waals surface area contributed by atoms with Crippen molar-refractivity contribution >= 4 is 5.91 Å². The largest absolute Gasteiger partial charge is 0.493 e. The van der Waals surface area contributed by atoms with Gasteiger partial charge in [0.1, 0.15) is 0 Å². The number of rotatable bonds is 8. The van der Waals surface area contributed by atoms with E-state index in [-0.39, 0.29) is 11.9 Å². The van der Waals surface area contributed by atoms with Gasteiger partial charge in [0, 0.05) is 12.6 Å². The topological polar surface area (TPSA) is 59.6 Å². The molecule has 1 aromatic carbocycles. The minimum absolute atomic E-state index is 0.120. The van der Waals surface area contributed by atoms with Gasteiger partial charge in [-0.2, -0.15) is 0 Å². The summed E-state index contributed by atoms with van der Waals surface area (Å²) >= 11 is 0. The lowest BCUT2D eigenvalue weighted by molar-refractivity contribution is -0.127. The number of hydrogen-bond donors (Lipinski definition) is 2. The second-order valence-electron chi connectivity index (χ2n) is 5.09. The molecule has 0 saturated carbocycles. The predicted octanol–water partition coefficient (Wildman–Crippen LogP) is 2.10. The molecule has 118 valence electrons. The molecule has 0 fully saturated rings. The van der Waals surface area contributed by atoms with E-state index in [1.165, 1.54) is 0 Å². The highest BCUT2D eigenvalue weighted by Gasteiger charge is 2.18. The van der Waals surface area contributed by atoms with E-state index < -0.39 is 6.10 Å². The van der Waals surface area contributed by atoms with Crippen LogP contribution in [0, 0.1) is 0 Å². The number of amides is 1. The number of carbonyl (C=O) groups is 1. The highest BCUT2D eigenvalue weighted by molar-refractivity contribution is 5.81. The number of methoxy groups -OCH3 is 1. The van der Waals surface area contributed by atoms with Gasteiger partial charge in [-0.25, -0.2) is 0 Å². The predicted molar refractivity (Wildman–Crippen MR) is 83.7 cm³/mol. The Balaban J connectivity index is 2.75. The molecule has 2 N–H and O–H groups in total. The number of nitrogens with one attached hydrogen (secondary N) is 2. The van der Waals surface area contributed by atoms with Crippen molar-refractivity contribution in [2.45, 2.75) is 45.9 Å². The third-order valence-corrected chi connectivity index (χ3v) is 3.28. The van der Waals surface area contributed by atoms with Gasteiger partial charge in [0.15, 0.2) is 17.6 Å². The fraction of sp³-hybridized carbons (Fsp3) is 0.562. The molecule has 0 radical (unpaired) electrons. The van der Waals surface area contributed by atoms with Crippen LogP contribution in [-0.4, -0.2) is 32.2 Å². The van der Waals surface area contributed by atoms with Gasteiger partial charge in [0.25, 0.3) is 5.91 Å². The molecule has 0 spiro atoms. The van der Waals surface area contributed by atoms with E-state index >= 15 is 0 Å². The first-order valence-corrected chi connectivity index (χ1v) is 7.30. The number of ether oxygens (including phenoxy) is 2. The van der Waals surface area contributed by atoms with E-state index in [9.17, 15) is 4.79 Å². The third kappa shape index (κ3) is 5.27. The number of benzene rings is 1. The Morgan fingerprint density at radius 1 is 1.29 bits per heavy atom. The second kappa shape index (κ2) is 8.52. The Bertz CT molecular complexity index is 463. The second-order valence-corrected chi connectivity index (χ2v) is 5.09. The molecule has 2 atom stereocenters. The van der Waals surface area contributed by atoms with Gasteiger partial charge in [-0.05, 0) is 45.0 Å². The summed E-state index contributed by atoms with van der Waals surface area (Å²) in [6, 6.07) is 5.83. The Morgan fingerprint density at radius 2 is 2.00 bits per heavy atom. The maximum absolute atomic E-state index is 12.0. The molecular formula is C16H26N2O3. The molecule has 2 unspecified atom stereocenters. The first-order valence-electron chi connectivity index (χ1n) is 7.30. The van der Waals surface area contributed by atoms with Gasteiger partial charge < -0.3 is 20.1 Å². The van der Waals surface area contributed by atoms with Crippen molar-refractivity contribution in [1.29, 1.82) is 0 Å². The Hall–Kier alpha value is -1.75.